The summed E-state index contributed by atoms with van der Waals surface area (Å²) in [5.41, 5.74) is 0.768. The molecule has 0 aromatic rings. The van der Waals surface area contributed by atoms with E-state index in [1.807, 2.05) is 6.08 Å². The van der Waals surface area contributed by atoms with Gasteiger partial charge < -0.3 is 0 Å². The van der Waals surface area contributed by atoms with Crippen molar-refractivity contribution in [3.05, 3.63) is 11.6 Å². The lowest BCUT2D eigenvalue weighted by Gasteiger charge is -2.58. The second-order valence-corrected chi connectivity index (χ2v) is 10.1. The van der Waals surface area contributed by atoms with Gasteiger partial charge >= 0.3 is 0 Å². The molecule has 4 aliphatic rings. The molecule has 0 heterocycles. The monoisotopic (exact) mass is 406 g/mol. The van der Waals surface area contributed by atoms with Gasteiger partial charge in [0.2, 0.25) is 0 Å². The summed E-state index contributed by atoms with van der Waals surface area (Å²) in [5.74, 6) is 1.48. The molecule has 0 spiro atoms. The Kier molecular flexibility index (Phi) is 3.96. The summed E-state index contributed by atoms with van der Waals surface area (Å²) in [4.78, 5) is 37.5. The van der Waals surface area contributed by atoms with Crippen LogP contribution in [0.2, 0.25) is 0 Å². The quantitative estimate of drug-likeness (QED) is 0.610. The summed E-state index contributed by atoms with van der Waals surface area (Å²) in [5, 5.41) is 0. The van der Waals surface area contributed by atoms with Gasteiger partial charge in [-0.05, 0) is 67.8 Å². The van der Waals surface area contributed by atoms with Gasteiger partial charge in [-0.15, -0.1) is 0 Å². The van der Waals surface area contributed by atoms with Crippen LogP contribution in [0.3, 0.4) is 0 Å². The zero-order valence-electron chi connectivity index (χ0n) is 15.3. The molecular weight excluding hydrogens is 380 g/mol. The first kappa shape index (κ1) is 17.6. The number of rotatable bonds is 1. The number of alkyl halides is 1. The predicted molar refractivity (Wildman–Crippen MR) is 99.4 cm³/mol. The third kappa shape index (κ3) is 2.18. The van der Waals surface area contributed by atoms with Crippen molar-refractivity contribution in [3.63, 3.8) is 0 Å². The van der Waals surface area contributed by atoms with E-state index in [0.29, 0.717) is 18.3 Å². The summed E-state index contributed by atoms with van der Waals surface area (Å²) < 4.78 is 0. The number of fused-ring (bicyclic) bond motifs is 5. The molecule has 4 rings (SSSR count). The van der Waals surface area contributed by atoms with Gasteiger partial charge in [0.1, 0.15) is 5.78 Å². The highest BCUT2D eigenvalue weighted by molar-refractivity contribution is 9.10. The van der Waals surface area contributed by atoms with Gasteiger partial charge in [0.25, 0.3) is 0 Å². The first-order chi connectivity index (χ1) is 11.7. The summed E-state index contributed by atoms with van der Waals surface area (Å²) in [6.07, 6.45) is 7.05. The van der Waals surface area contributed by atoms with E-state index in [1.54, 1.807) is 6.92 Å². The lowest BCUT2D eigenvalue weighted by Crippen LogP contribution is -2.60. The molecule has 3 nitrogen and oxygen atoms in total. The minimum atomic E-state index is -0.258. The molecule has 0 N–H and O–H groups in total. The van der Waals surface area contributed by atoms with E-state index < -0.39 is 0 Å². The zero-order valence-corrected chi connectivity index (χ0v) is 16.9. The second-order valence-electron chi connectivity index (χ2n) is 9.21. The fourth-order valence-electron chi connectivity index (χ4n) is 6.98. The molecule has 0 aromatic carbocycles. The number of allylic oxidation sites excluding steroid dienone is 1. The predicted octanol–water partition coefficient (Wildman–Crippen LogP) is 4.28. The normalized spacial score (nSPS) is 49.1. The zero-order chi connectivity index (χ0) is 18.1. The first-order valence-corrected chi connectivity index (χ1v) is 10.5. The number of ketones is 3. The van der Waals surface area contributed by atoms with E-state index in [0.717, 1.165) is 32.1 Å². The van der Waals surface area contributed by atoms with Gasteiger partial charge in [0, 0.05) is 18.3 Å². The molecule has 7 atom stereocenters. The van der Waals surface area contributed by atoms with Crippen molar-refractivity contribution in [2.45, 2.75) is 64.1 Å². The van der Waals surface area contributed by atoms with E-state index in [9.17, 15) is 14.4 Å². The summed E-state index contributed by atoms with van der Waals surface area (Å²) in [7, 11) is 0. The first-order valence-electron chi connectivity index (χ1n) is 9.63. The summed E-state index contributed by atoms with van der Waals surface area (Å²) in [6, 6.07) is 0. The minimum absolute atomic E-state index is 0.00578. The molecule has 1 unspecified atom stereocenters. The maximum Gasteiger partial charge on any atom is 0.155 e. The van der Waals surface area contributed by atoms with Crippen LogP contribution in [-0.2, 0) is 14.4 Å². The SMILES string of the molecule is CC(=O)[C@H]1CC[C@H]2[C@@H]3CCC4=CC(=O)CC[C@]4(C)[C@H]3C(=O)C(Br)[C@]12C. The van der Waals surface area contributed by atoms with Crippen LogP contribution in [0.4, 0.5) is 0 Å². The van der Waals surface area contributed by atoms with Gasteiger partial charge in [-0.2, -0.15) is 0 Å². The van der Waals surface area contributed by atoms with Gasteiger partial charge in [-0.25, -0.2) is 0 Å². The Morgan fingerprint density at radius 3 is 2.56 bits per heavy atom. The van der Waals surface area contributed by atoms with E-state index in [4.69, 9.17) is 0 Å². The highest BCUT2D eigenvalue weighted by atomic mass is 79.9. The van der Waals surface area contributed by atoms with Crippen molar-refractivity contribution in [2.24, 2.45) is 34.5 Å². The van der Waals surface area contributed by atoms with Crippen molar-refractivity contribution < 1.29 is 14.4 Å². The number of halogens is 1. The minimum Gasteiger partial charge on any atom is -0.300 e. The van der Waals surface area contributed by atoms with E-state index in [1.165, 1.54) is 5.57 Å². The van der Waals surface area contributed by atoms with Gasteiger partial charge in [0.15, 0.2) is 11.6 Å². The van der Waals surface area contributed by atoms with Crippen LogP contribution in [0.15, 0.2) is 11.6 Å². The largest absolute Gasteiger partial charge is 0.300 e. The Hall–Kier alpha value is -0.770. The van der Waals surface area contributed by atoms with Crippen molar-refractivity contribution in [1.82, 2.24) is 0 Å². The molecule has 3 fully saturated rings. The Morgan fingerprint density at radius 1 is 1.16 bits per heavy atom. The van der Waals surface area contributed by atoms with E-state index >= 15 is 0 Å². The fourth-order valence-corrected chi connectivity index (χ4v) is 7.92. The number of Topliss-reactive ketones (excluding diaryl/α,β-unsaturated/α-hetero) is 2. The highest BCUT2D eigenvalue weighted by Crippen LogP contribution is 2.66. The van der Waals surface area contributed by atoms with Gasteiger partial charge in [0.05, 0.1) is 4.83 Å². The fraction of sp³-hybridized carbons (Fsp3) is 0.762. The molecule has 4 heteroatoms. The molecule has 25 heavy (non-hydrogen) atoms. The van der Waals surface area contributed by atoms with Crippen molar-refractivity contribution in [1.29, 1.82) is 0 Å². The average Bonchev–Trinajstić information content (AvgIpc) is 2.91. The van der Waals surface area contributed by atoms with Crippen molar-refractivity contribution in [2.75, 3.05) is 0 Å². The Morgan fingerprint density at radius 2 is 1.88 bits per heavy atom. The van der Waals surface area contributed by atoms with Crippen LogP contribution >= 0.6 is 15.9 Å². The van der Waals surface area contributed by atoms with Crippen LogP contribution in [0.1, 0.15) is 59.3 Å². The number of hydrogen-bond acceptors (Lipinski definition) is 3. The second kappa shape index (κ2) is 5.61. The van der Waals surface area contributed by atoms with Crippen LogP contribution in [0, 0.1) is 34.5 Å². The molecule has 0 saturated heterocycles. The topological polar surface area (TPSA) is 51.2 Å². The molecule has 4 aliphatic carbocycles. The summed E-state index contributed by atoms with van der Waals surface area (Å²) >= 11 is 3.75. The Balaban J connectivity index is 1.79. The molecule has 0 aliphatic heterocycles. The molecule has 136 valence electrons. The molecular formula is C21H27BrO3. The van der Waals surface area contributed by atoms with Gasteiger partial charge in [-0.1, -0.05) is 35.4 Å². The van der Waals surface area contributed by atoms with Crippen molar-refractivity contribution >= 4 is 33.3 Å². The Bertz CT molecular complexity index is 695. The third-order valence-electron chi connectivity index (χ3n) is 8.25. The molecule has 0 bridgehead atoms. The van der Waals surface area contributed by atoms with E-state index in [-0.39, 0.29) is 44.8 Å². The maximum atomic E-state index is 13.5. The standard InChI is InChI=1S/C21H27BrO3/c1-11(23)15-6-7-16-14-5-4-12-10-13(24)8-9-20(12,2)17(14)18(25)19(22)21(15,16)3/h10,14-17,19H,4-9H2,1-3H3/t14-,15+,16-,17+,19?,20-,21+/m0/s1. The van der Waals surface area contributed by atoms with Crippen LogP contribution in [-0.4, -0.2) is 22.2 Å². The average molecular weight is 407 g/mol. The molecule has 0 radical (unpaired) electrons. The third-order valence-corrected chi connectivity index (χ3v) is 9.68. The highest BCUT2D eigenvalue weighted by Gasteiger charge is 2.66. The smallest absolute Gasteiger partial charge is 0.155 e. The lowest BCUT2D eigenvalue weighted by atomic mass is 9.46. The number of carbonyl (C=O) groups excluding carboxylic acids is 3. The van der Waals surface area contributed by atoms with E-state index in [2.05, 4.69) is 29.8 Å². The summed E-state index contributed by atoms with van der Waals surface area (Å²) in [6.45, 7) is 6.06. The van der Waals surface area contributed by atoms with Crippen LogP contribution < -0.4 is 0 Å². The molecule has 3 saturated carbocycles. The van der Waals surface area contributed by atoms with Crippen LogP contribution in [0.25, 0.3) is 0 Å². The van der Waals surface area contributed by atoms with Gasteiger partial charge in [-0.3, -0.25) is 14.4 Å². The molecule has 0 aromatic heterocycles. The van der Waals surface area contributed by atoms with Crippen molar-refractivity contribution in [3.8, 4) is 0 Å². The molecule has 0 amide bonds. The maximum absolute atomic E-state index is 13.5. The number of hydrogen-bond donors (Lipinski definition) is 0. The van der Waals surface area contributed by atoms with Crippen LogP contribution in [0.5, 0.6) is 0 Å². The lowest BCUT2D eigenvalue weighted by molar-refractivity contribution is -0.146. The number of carbonyl (C=O) groups is 3. The Labute approximate surface area is 158 Å².